The minimum absolute atomic E-state index is 0.0180. The summed E-state index contributed by atoms with van der Waals surface area (Å²) >= 11 is 0. The SMILES string of the molecule is COc1ccc(CN2C[C@@H](OC)C[C@H]2C(N)=O)cc1F. The van der Waals surface area contributed by atoms with Crippen LogP contribution in [0.4, 0.5) is 4.39 Å². The van der Waals surface area contributed by atoms with E-state index < -0.39 is 5.82 Å². The van der Waals surface area contributed by atoms with Crippen LogP contribution in [0.3, 0.4) is 0 Å². The summed E-state index contributed by atoms with van der Waals surface area (Å²) in [6, 6.07) is 4.40. The standard InChI is InChI=1S/C14H19FN2O3/c1-19-10-6-12(14(16)18)17(8-10)7-9-3-4-13(20-2)11(15)5-9/h3-5,10,12H,6-8H2,1-2H3,(H2,16,18)/t10-,12-/m0/s1. The number of benzene rings is 1. The number of nitrogens with zero attached hydrogens (tertiary/aromatic N) is 1. The summed E-state index contributed by atoms with van der Waals surface area (Å²) in [6.07, 6.45) is 0.556. The molecule has 0 unspecified atom stereocenters. The maximum absolute atomic E-state index is 13.7. The summed E-state index contributed by atoms with van der Waals surface area (Å²) in [5.74, 6) is -0.585. The van der Waals surface area contributed by atoms with Crippen molar-refractivity contribution < 1.29 is 18.7 Å². The summed E-state index contributed by atoms with van der Waals surface area (Å²) in [4.78, 5) is 13.4. The molecule has 0 spiro atoms. The first-order valence-electron chi connectivity index (χ1n) is 6.43. The first-order chi connectivity index (χ1) is 9.55. The molecule has 20 heavy (non-hydrogen) atoms. The van der Waals surface area contributed by atoms with Crippen molar-refractivity contribution in [1.82, 2.24) is 4.90 Å². The fourth-order valence-corrected chi connectivity index (χ4v) is 2.55. The van der Waals surface area contributed by atoms with Crippen molar-refractivity contribution in [3.05, 3.63) is 29.6 Å². The number of hydrogen-bond donors (Lipinski definition) is 1. The zero-order valence-electron chi connectivity index (χ0n) is 11.6. The molecule has 5 nitrogen and oxygen atoms in total. The van der Waals surface area contributed by atoms with Crippen molar-refractivity contribution >= 4 is 5.91 Å². The first kappa shape index (κ1) is 14.7. The van der Waals surface area contributed by atoms with E-state index in [0.717, 1.165) is 5.56 Å². The molecule has 110 valence electrons. The van der Waals surface area contributed by atoms with Gasteiger partial charge in [-0.25, -0.2) is 4.39 Å². The van der Waals surface area contributed by atoms with Crippen LogP contribution in [0, 0.1) is 5.82 Å². The number of rotatable bonds is 5. The minimum atomic E-state index is -0.414. The number of hydrogen-bond acceptors (Lipinski definition) is 4. The van der Waals surface area contributed by atoms with Gasteiger partial charge in [-0.05, 0) is 24.1 Å². The summed E-state index contributed by atoms with van der Waals surface area (Å²) in [5, 5.41) is 0. The van der Waals surface area contributed by atoms with E-state index in [2.05, 4.69) is 0 Å². The molecule has 0 bridgehead atoms. The number of amides is 1. The number of ether oxygens (including phenoxy) is 2. The third kappa shape index (κ3) is 3.08. The van der Waals surface area contributed by atoms with Gasteiger partial charge in [0, 0.05) is 20.2 Å². The number of carbonyl (C=O) groups is 1. The number of primary amides is 1. The lowest BCUT2D eigenvalue weighted by atomic mass is 10.1. The van der Waals surface area contributed by atoms with Gasteiger partial charge in [-0.3, -0.25) is 9.69 Å². The largest absolute Gasteiger partial charge is 0.494 e. The summed E-state index contributed by atoms with van der Waals surface area (Å²) < 4.78 is 23.8. The van der Waals surface area contributed by atoms with Crippen LogP contribution in [0.15, 0.2) is 18.2 Å². The van der Waals surface area contributed by atoms with Crippen molar-refractivity contribution in [3.8, 4) is 5.75 Å². The van der Waals surface area contributed by atoms with Crippen LogP contribution in [0.5, 0.6) is 5.75 Å². The molecule has 1 aliphatic rings. The smallest absolute Gasteiger partial charge is 0.234 e. The van der Waals surface area contributed by atoms with E-state index in [0.29, 0.717) is 19.5 Å². The summed E-state index contributed by atoms with van der Waals surface area (Å²) in [5.41, 5.74) is 6.17. The van der Waals surface area contributed by atoms with Gasteiger partial charge in [0.15, 0.2) is 11.6 Å². The van der Waals surface area contributed by atoms with Crippen molar-refractivity contribution in [2.24, 2.45) is 5.73 Å². The van der Waals surface area contributed by atoms with Gasteiger partial charge in [-0.2, -0.15) is 0 Å². The second kappa shape index (κ2) is 6.19. The molecule has 1 amide bonds. The van der Waals surface area contributed by atoms with Gasteiger partial charge in [0.05, 0.1) is 19.3 Å². The first-order valence-corrected chi connectivity index (χ1v) is 6.43. The average Bonchev–Trinajstić information content (AvgIpc) is 2.82. The Morgan fingerprint density at radius 1 is 1.50 bits per heavy atom. The van der Waals surface area contributed by atoms with Crippen LogP contribution in [0.25, 0.3) is 0 Å². The predicted octanol–water partition coefficient (Wildman–Crippen LogP) is 0.909. The molecule has 2 rings (SSSR count). The average molecular weight is 282 g/mol. The molecule has 6 heteroatoms. The Morgan fingerprint density at radius 2 is 2.25 bits per heavy atom. The monoisotopic (exact) mass is 282 g/mol. The maximum atomic E-state index is 13.7. The van der Waals surface area contributed by atoms with E-state index >= 15 is 0 Å². The highest BCUT2D eigenvalue weighted by molar-refractivity contribution is 5.80. The number of carbonyl (C=O) groups excluding carboxylic acids is 1. The molecule has 1 aliphatic heterocycles. The van der Waals surface area contributed by atoms with Gasteiger partial charge in [0.25, 0.3) is 0 Å². The summed E-state index contributed by atoms with van der Waals surface area (Å²) in [7, 11) is 3.03. The van der Waals surface area contributed by atoms with Crippen molar-refractivity contribution in [1.29, 1.82) is 0 Å². The van der Waals surface area contributed by atoms with E-state index in [1.165, 1.54) is 13.2 Å². The molecule has 0 aromatic heterocycles. The maximum Gasteiger partial charge on any atom is 0.234 e. The molecule has 1 aromatic carbocycles. The van der Waals surface area contributed by atoms with Crippen LogP contribution in [-0.4, -0.2) is 43.7 Å². The lowest BCUT2D eigenvalue weighted by molar-refractivity contribution is -0.122. The highest BCUT2D eigenvalue weighted by atomic mass is 19.1. The second-order valence-corrected chi connectivity index (χ2v) is 4.91. The number of halogens is 1. The molecule has 0 saturated carbocycles. The molecule has 0 aliphatic carbocycles. The molecule has 2 N–H and O–H groups in total. The van der Waals surface area contributed by atoms with Crippen molar-refractivity contribution in [3.63, 3.8) is 0 Å². The van der Waals surface area contributed by atoms with Crippen LogP contribution in [-0.2, 0) is 16.1 Å². The van der Waals surface area contributed by atoms with E-state index in [1.807, 2.05) is 4.90 Å². The normalized spacial score (nSPS) is 22.9. The van der Waals surface area contributed by atoms with E-state index in [9.17, 15) is 9.18 Å². The lowest BCUT2D eigenvalue weighted by Crippen LogP contribution is -2.39. The lowest BCUT2D eigenvalue weighted by Gasteiger charge is -2.21. The Balaban J connectivity index is 2.11. The Labute approximate surface area is 117 Å². The van der Waals surface area contributed by atoms with Crippen LogP contribution in [0.2, 0.25) is 0 Å². The second-order valence-electron chi connectivity index (χ2n) is 4.91. The van der Waals surface area contributed by atoms with E-state index in [-0.39, 0.29) is 23.8 Å². The Kier molecular flexibility index (Phi) is 4.57. The van der Waals surface area contributed by atoms with E-state index in [1.54, 1.807) is 19.2 Å². The predicted molar refractivity (Wildman–Crippen MR) is 71.8 cm³/mol. The fourth-order valence-electron chi connectivity index (χ4n) is 2.55. The molecule has 1 fully saturated rings. The number of likely N-dealkylation sites (tertiary alicyclic amines) is 1. The van der Waals surface area contributed by atoms with Crippen molar-refractivity contribution in [2.45, 2.75) is 25.1 Å². The highest BCUT2D eigenvalue weighted by Crippen LogP contribution is 2.24. The zero-order valence-corrected chi connectivity index (χ0v) is 11.6. The molecule has 1 heterocycles. The van der Waals surface area contributed by atoms with Gasteiger partial charge in [0.1, 0.15) is 0 Å². The van der Waals surface area contributed by atoms with Gasteiger partial charge in [-0.15, -0.1) is 0 Å². The Bertz CT molecular complexity index is 495. The summed E-state index contributed by atoms with van der Waals surface area (Å²) in [6.45, 7) is 1.06. The van der Waals surface area contributed by atoms with Crippen LogP contribution >= 0.6 is 0 Å². The number of methoxy groups -OCH3 is 2. The topological polar surface area (TPSA) is 64.8 Å². The molecule has 2 atom stereocenters. The van der Waals surface area contributed by atoms with Crippen LogP contribution in [0.1, 0.15) is 12.0 Å². The van der Waals surface area contributed by atoms with Crippen LogP contribution < -0.4 is 10.5 Å². The Morgan fingerprint density at radius 3 is 2.80 bits per heavy atom. The van der Waals surface area contributed by atoms with Gasteiger partial charge in [0.2, 0.25) is 5.91 Å². The van der Waals surface area contributed by atoms with Gasteiger partial charge >= 0.3 is 0 Å². The fraction of sp³-hybridized carbons (Fsp3) is 0.500. The van der Waals surface area contributed by atoms with E-state index in [4.69, 9.17) is 15.2 Å². The molecule has 1 aromatic rings. The minimum Gasteiger partial charge on any atom is -0.494 e. The Hall–Kier alpha value is -1.66. The molecule has 1 saturated heterocycles. The molecule has 0 radical (unpaired) electrons. The third-order valence-corrected chi connectivity index (χ3v) is 3.63. The quantitative estimate of drug-likeness (QED) is 0.872. The van der Waals surface area contributed by atoms with Gasteiger partial charge < -0.3 is 15.2 Å². The zero-order chi connectivity index (χ0) is 14.7. The molecular formula is C14H19FN2O3. The van der Waals surface area contributed by atoms with Crippen molar-refractivity contribution in [2.75, 3.05) is 20.8 Å². The highest BCUT2D eigenvalue weighted by Gasteiger charge is 2.35. The van der Waals surface area contributed by atoms with Gasteiger partial charge in [-0.1, -0.05) is 6.07 Å². The number of nitrogens with two attached hydrogens (primary N) is 1. The molecular weight excluding hydrogens is 263 g/mol. The third-order valence-electron chi connectivity index (χ3n) is 3.63.